The Morgan fingerprint density at radius 2 is 1.46 bits per heavy atom. The molecule has 0 aromatic heterocycles. The summed E-state index contributed by atoms with van der Waals surface area (Å²) in [7, 11) is 0. The molecule has 3 aromatic rings. The summed E-state index contributed by atoms with van der Waals surface area (Å²) in [5.41, 5.74) is 2.32. The molecule has 0 fully saturated rings. The van der Waals surface area contributed by atoms with Crippen molar-refractivity contribution in [1.82, 2.24) is 0 Å². The van der Waals surface area contributed by atoms with Crippen LogP contribution in [0.25, 0.3) is 0 Å². The molecule has 0 bridgehead atoms. The monoisotopic (exact) mass is 492 g/mol. The van der Waals surface area contributed by atoms with Crippen molar-refractivity contribution in [3.05, 3.63) is 88.5 Å². The summed E-state index contributed by atoms with van der Waals surface area (Å²) in [6, 6.07) is 15.9. The molecule has 0 radical (unpaired) electrons. The molecule has 0 heterocycles. The standard InChI is InChI=1S/C26H24N2O6S/c1-14-6-4-7-15(2)22(14)28-23(29)16(3)35-19-9-5-8-18(13-19)27-24(30)20-11-10-17(25(31)32)12-21(20)26(33)34/h4-13,16H,1-3H3,(H,27,30)(H,28,29)(H,31,32)(H,33,34). The number of benzene rings is 3. The van der Waals surface area contributed by atoms with E-state index in [-0.39, 0.29) is 17.0 Å². The lowest BCUT2D eigenvalue weighted by molar-refractivity contribution is -0.115. The highest BCUT2D eigenvalue weighted by molar-refractivity contribution is 8.00. The number of carboxylic acids is 2. The third-order valence-corrected chi connectivity index (χ3v) is 6.34. The number of aromatic carboxylic acids is 2. The molecular formula is C26H24N2O6S. The van der Waals surface area contributed by atoms with Crippen LogP contribution in [0.1, 0.15) is 49.1 Å². The zero-order chi connectivity index (χ0) is 25.7. The van der Waals surface area contributed by atoms with Gasteiger partial charge in [0.15, 0.2) is 0 Å². The summed E-state index contributed by atoms with van der Waals surface area (Å²) in [6.07, 6.45) is 0. The number of thioether (sulfide) groups is 1. The molecule has 0 aliphatic carbocycles. The number of carbonyl (C=O) groups is 4. The van der Waals surface area contributed by atoms with Crippen molar-refractivity contribution in [2.24, 2.45) is 0 Å². The minimum absolute atomic E-state index is 0.161. The first-order valence-electron chi connectivity index (χ1n) is 10.6. The summed E-state index contributed by atoms with van der Waals surface area (Å²) in [4.78, 5) is 48.9. The van der Waals surface area contributed by atoms with Crippen LogP contribution in [0, 0.1) is 13.8 Å². The Kier molecular flexibility index (Phi) is 7.93. The molecule has 1 unspecified atom stereocenters. The van der Waals surface area contributed by atoms with Crippen LogP contribution >= 0.6 is 11.8 Å². The smallest absolute Gasteiger partial charge is 0.336 e. The molecule has 9 heteroatoms. The van der Waals surface area contributed by atoms with Crippen molar-refractivity contribution < 1.29 is 29.4 Å². The van der Waals surface area contributed by atoms with Crippen molar-refractivity contribution >= 4 is 46.9 Å². The molecule has 2 amide bonds. The number of nitrogens with one attached hydrogen (secondary N) is 2. The summed E-state index contributed by atoms with van der Waals surface area (Å²) >= 11 is 1.31. The van der Waals surface area contributed by atoms with Gasteiger partial charge in [-0.05, 0) is 68.3 Å². The molecule has 0 aliphatic heterocycles. The molecule has 0 spiro atoms. The number of hydrogen-bond acceptors (Lipinski definition) is 5. The first kappa shape index (κ1) is 25.5. The Hall–Kier alpha value is -4.11. The van der Waals surface area contributed by atoms with Gasteiger partial charge in [0.25, 0.3) is 5.91 Å². The van der Waals surface area contributed by atoms with Gasteiger partial charge in [-0.15, -0.1) is 11.8 Å². The van der Waals surface area contributed by atoms with Gasteiger partial charge in [-0.1, -0.05) is 24.3 Å². The normalized spacial score (nSPS) is 11.4. The van der Waals surface area contributed by atoms with E-state index in [0.29, 0.717) is 5.69 Å². The lowest BCUT2D eigenvalue weighted by atomic mass is 10.0. The average molecular weight is 493 g/mol. The van der Waals surface area contributed by atoms with Gasteiger partial charge in [-0.25, -0.2) is 9.59 Å². The number of hydrogen-bond donors (Lipinski definition) is 4. The summed E-state index contributed by atoms with van der Waals surface area (Å²) in [5.74, 6) is -3.56. The molecule has 0 aliphatic rings. The fourth-order valence-corrected chi connectivity index (χ4v) is 4.32. The predicted octanol–water partition coefficient (Wildman–Crippen LogP) is 5.07. The van der Waals surface area contributed by atoms with Crippen molar-refractivity contribution in [2.45, 2.75) is 30.9 Å². The van der Waals surface area contributed by atoms with Crippen LogP contribution in [-0.2, 0) is 4.79 Å². The Balaban J connectivity index is 1.72. The SMILES string of the molecule is Cc1cccc(C)c1NC(=O)C(C)Sc1cccc(NC(=O)c2ccc(C(=O)O)cc2C(=O)O)c1. The predicted molar refractivity (Wildman–Crippen MR) is 135 cm³/mol. The molecule has 180 valence electrons. The highest BCUT2D eigenvalue weighted by atomic mass is 32.2. The maximum atomic E-state index is 12.7. The van der Waals surface area contributed by atoms with Crippen molar-refractivity contribution in [3.8, 4) is 0 Å². The van der Waals surface area contributed by atoms with E-state index in [1.807, 2.05) is 32.0 Å². The minimum Gasteiger partial charge on any atom is -0.478 e. The molecular weight excluding hydrogens is 468 g/mol. The van der Waals surface area contributed by atoms with Gasteiger partial charge in [0.2, 0.25) is 5.91 Å². The Bertz CT molecular complexity index is 1300. The fourth-order valence-electron chi connectivity index (χ4n) is 3.39. The molecule has 4 N–H and O–H groups in total. The zero-order valence-corrected chi connectivity index (χ0v) is 20.1. The maximum absolute atomic E-state index is 12.7. The van der Waals surface area contributed by atoms with E-state index in [1.165, 1.54) is 23.9 Å². The van der Waals surface area contributed by atoms with E-state index in [1.54, 1.807) is 31.2 Å². The maximum Gasteiger partial charge on any atom is 0.336 e. The van der Waals surface area contributed by atoms with E-state index in [2.05, 4.69) is 10.6 Å². The van der Waals surface area contributed by atoms with E-state index in [4.69, 9.17) is 5.11 Å². The molecule has 3 rings (SSSR count). The van der Waals surface area contributed by atoms with Gasteiger partial charge in [0.05, 0.1) is 21.9 Å². The quantitative estimate of drug-likeness (QED) is 0.323. The Morgan fingerprint density at radius 3 is 2.09 bits per heavy atom. The lowest BCUT2D eigenvalue weighted by Crippen LogP contribution is -2.23. The highest BCUT2D eigenvalue weighted by Crippen LogP contribution is 2.28. The summed E-state index contributed by atoms with van der Waals surface area (Å²) in [5, 5.41) is 23.7. The van der Waals surface area contributed by atoms with Gasteiger partial charge in [0, 0.05) is 16.3 Å². The van der Waals surface area contributed by atoms with E-state index in [0.717, 1.165) is 27.8 Å². The number of carboxylic acid groups (broad SMARTS) is 2. The van der Waals surface area contributed by atoms with Gasteiger partial charge >= 0.3 is 11.9 Å². The highest BCUT2D eigenvalue weighted by Gasteiger charge is 2.20. The van der Waals surface area contributed by atoms with Gasteiger partial charge in [0.1, 0.15) is 0 Å². The second-order valence-electron chi connectivity index (χ2n) is 7.87. The minimum atomic E-state index is -1.41. The van der Waals surface area contributed by atoms with Gasteiger partial charge < -0.3 is 20.8 Å². The zero-order valence-electron chi connectivity index (χ0n) is 19.3. The van der Waals surface area contributed by atoms with Crippen LogP contribution in [-0.4, -0.2) is 39.2 Å². The second kappa shape index (κ2) is 10.9. The average Bonchev–Trinajstić information content (AvgIpc) is 2.81. The largest absolute Gasteiger partial charge is 0.478 e. The van der Waals surface area contributed by atoms with Crippen molar-refractivity contribution in [1.29, 1.82) is 0 Å². The molecule has 8 nitrogen and oxygen atoms in total. The third kappa shape index (κ3) is 6.27. The molecule has 0 saturated carbocycles. The first-order chi connectivity index (χ1) is 16.6. The van der Waals surface area contributed by atoms with Crippen LogP contribution in [0.3, 0.4) is 0 Å². The molecule has 0 saturated heterocycles. The number of amides is 2. The summed E-state index contributed by atoms with van der Waals surface area (Å²) in [6.45, 7) is 5.64. The molecule has 3 aromatic carbocycles. The second-order valence-corrected chi connectivity index (χ2v) is 9.28. The van der Waals surface area contributed by atoms with Gasteiger partial charge in [-0.2, -0.15) is 0 Å². The van der Waals surface area contributed by atoms with Crippen molar-refractivity contribution in [2.75, 3.05) is 10.6 Å². The van der Waals surface area contributed by atoms with Crippen LogP contribution in [0.2, 0.25) is 0 Å². The molecule has 1 atom stereocenters. The molecule has 35 heavy (non-hydrogen) atoms. The Labute approximate surface area is 206 Å². The van der Waals surface area contributed by atoms with Gasteiger partial charge in [-0.3, -0.25) is 9.59 Å². The van der Waals surface area contributed by atoms with Crippen LogP contribution < -0.4 is 10.6 Å². The van der Waals surface area contributed by atoms with Crippen molar-refractivity contribution in [3.63, 3.8) is 0 Å². The lowest BCUT2D eigenvalue weighted by Gasteiger charge is -2.16. The number of carbonyl (C=O) groups excluding carboxylic acids is 2. The topological polar surface area (TPSA) is 133 Å². The number of aryl methyl sites for hydroxylation is 2. The van der Waals surface area contributed by atoms with E-state index >= 15 is 0 Å². The summed E-state index contributed by atoms with van der Waals surface area (Å²) < 4.78 is 0. The number of rotatable bonds is 8. The third-order valence-electron chi connectivity index (χ3n) is 5.24. The number of anilines is 2. The van der Waals surface area contributed by atoms with Crippen LogP contribution in [0.5, 0.6) is 0 Å². The number of para-hydroxylation sites is 1. The Morgan fingerprint density at radius 1 is 0.800 bits per heavy atom. The van der Waals surface area contributed by atoms with Crippen LogP contribution in [0.15, 0.2) is 65.6 Å². The van der Waals surface area contributed by atoms with Crippen LogP contribution in [0.4, 0.5) is 11.4 Å². The fraction of sp³-hybridized carbons (Fsp3) is 0.154. The van der Waals surface area contributed by atoms with E-state index in [9.17, 15) is 24.3 Å². The van der Waals surface area contributed by atoms with E-state index < -0.39 is 28.7 Å². The first-order valence-corrected chi connectivity index (χ1v) is 11.5.